The molecular formula is C17H27N. The van der Waals surface area contributed by atoms with Crippen LogP contribution in [0.2, 0.25) is 0 Å². The van der Waals surface area contributed by atoms with Gasteiger partial charge in [-0.1, -0.05) is 43.2 Å². The lowest BCUT2D eigenvalue weighted by molar-refractivity contribution is 0.443. The monoisotopic (exact) mass is 245 g/mol. The molecule has 0 aliphatic heterocycles. The first-order valence-electron chi connectivity index (χ1n) is 7.40. The summed E-state index contributed by atoms with van der Waals surface area (Å²) >= 11 is 0. The number of hydrogen-bond acceptors (Lipinski definition) is 1. The highest BCUT2D eigenvalue weighted by Gasteiger charge is 2.38. The second kappa shape index (κ2) is 5.88. The summed E-state index contributed by atoms with van der Waals surface area (Å²) in [5.41, 5.74) is 4.28. The van der Waals surface area contributed by atoms with Crippen molar-refractivity contribution >= 4 is 0 Å². The van der Waals surface area contributed by atoms with E-state index in [0.717, 1.165) is 18.4 Å². The molecule has 18 heavy (non-hydrogen) atoms. The molecule has 3 unspecified atom stereocenters. The minimum Gasteiger partial charge on any atom is -0.313 e. The van der Waals surface area contributed by atoms with Crippen LogP contribution in [0, 0.1) is 25.7 Å². The summed E-state index contributed by atoms with van der Waals surface area (Å²) in [6.07, 6.45) is 3.83. The molecule has 1 aliphatic carbocycles. The van der Waals surface area contributed by atoms with Gasteiger partial charge in [-0.15, -0.1) is 0 Å². The Morgan fingerprint density at radius 1 is 1.22 bits per heavy atom. The Morgan fingerprint density at radius 2 is 1.83 bits per heavy atom. The van der Waals surface area contributed by atoms with Crippen LogP contribution in [0.15, 0.2) is 18.2 Å². The third-order valence-electron chi connectivity index (χ3n) is 4.08. The van der Waals surface area contributed by atoms with Gasteiger partial charge >= 0.3 is 0 Å². The SMILES string of the molecule is CCCNC(Cc1cc(C)cc(C)c1)C1CC1C. The van der Waals surface area contributed by atoms with Crippen molar-refractivity contribution in [2.75, 3.05) is 6.54 Å². The van der Waals surface area contributed by atoms with Crippen molar-refractivity contribution in [3.63, 3.8) is 0 Å². The molecule has 0 amide bonds. The van der Waals surface area contributed by atoms with Crippen molar-refractivity contribution in [1.29, 1.82) is 0 Å². The zero-order chi connectivity index (χ0) is 13.1. The summed E-state index contributed by atoms with van der Waals surface area (Å²) in [7, 11) is 0. The number of aryl methyl sites for hydroxylation is 2. The van der Waals surface area contributed by atoms with Crippen LogP contribution >= 0.6 is 0 Å². The minimum atomic E-state index is 0.682. The molecule has 3 atom stereocenters. The van der Waals surface area contributed by atoms with Gasteiger partial charge in [-0.25, -0.2) is 0 Å². The zero-order valence-electron chi connectivity index (χ0n) is 12.3. The van der Waals surface area contributed by atoms with Gasteiger partial charge in [0.25, 0.3) is 0 Å². The molecule has 0 heterocycles. The predicted molar refractivity (Wildman–Crippen MR) is 79.0 cm³/mol. The molecule has 1 saturated carbocycles. The van der Waals surface area contributed by atoms with Gasteiger partial charge < -0.3 is 5.32 Å². The highest BCUT2D eigenvalue weighted by molar-refractivity contribution is 5.29. The van der Waals surface area contributed by atoms with E-state index in [-0.39, 0.29) is 0 Å². The fraction of sp³-hybridized carbons (Fsp3) is 0.647. The molecular weight excluding hydrogens is 218 g/mol. The van der Waals surface area contributed by atoms with E-state index in [1.807, 2.05) is 0 Å². The van der Waals surface area contributed by atoms with Crippen molar-refractivity contribution in [2.45, 2.75) is 53.0 Å². The maximum absolute atomic E-state index is 3.75. The van der Waals surface area contributed by atoms with Crippen LogP contribution in [-0.4, -0.2) is 12.6 Å². The maximum Gasteiger partial charge on any atom is 0.0138 e. The van der Waals surface area contributed by atoms with Crippen LogP contribution < -0.4 is 5.32 Å². The van der Waals surface area contributed by atoms with Gasteiger partial charge in [-0.2, -0.15) is 0 Å². The van der Waals surface area contributed by atoms with Gasteiger partial charge in [0.2, 0.25) is 0 Å². The van der Waals surface area contributed by atoms with Crippen molar-refractivity contribution < 1.29 is 0 Å². The molecule has 1 N–H and O–H groups in total. The van der Waals surface area contributed by atoms with E-state index in [2.05, 4.69) is 51.2 Å². The number of rotatable bonds is 6. The van der Waals surface area contributed by atoms with Gasteiger partial charge in [0.1, 0.15) is 0 Å². The standard InChI is InChI=1S/C17H27N/c1-5-6-18-17(16-10-14(16)4)11-15-8-12(2)7-13(3)9-15/h7-9,14,16-18H,5-6,10-11H2,1-4H3. The van der Waals surface area contributed by atoms with E-state index in [1.165, 1.54) is 36.0 Å². The minimum absolute atomic E-state index is 0.682. The molecule has 0 radical (unpaired) electrons. The van der Waals surface area contributed by atoms with Crippen molar-refractivity contribution in [3.05, 3.63) is 34.9 Å². The summed E-state index contributed by atoms with van der Waals surface area (Å²) in [5, 5.41) is 3.75. The van der Waals surface area contributed by atoms with Crippen molar-refractivity contribution in [3.8, 4) is 0 Å². The fourth-order valence-electron chi connectivity index (χ4n) is 3.06. The van der Waals surface area contributed by atoms with E-state index < -0.39 is 0 Å². The first-order valence-corrected chi connectivity index (χ1v) is 7.40. The number of hydrogen-bond donors (Lipinski definition) is 1. The first kappa shape index (κ1) is 13.6. The Labute approximate surface area is 112 Å². The van der Waals surface area contributed by atoms with Crippen LogP contribution in [0.4, 0.5) is 0 Å². The van der Waals surface area contributed by atoms with Gasteiger partial charge in [-0.05, 0) is 57.1 Å². The summed E-state index contributed by atoms with van der Waals surface area (Å²) < 4.78 is 0. The lowest BCUT2D eigenvalue weighted by Gasteiger charge is -2.19. The average molecular weight is 245 g/mol. The van der Waals surface area contributed by atoms with Gasteiger partial charge in [-0.3, -0.25) is 0 Å². The Morgan fingerprint density at radius 3 is 2.33 bits per heavy atom. The first-order chi connectivity index (χ1) is 8.60. The summed E-state index contributed by atoms with van der Waals surface area (Å²) in [4.78, 5) is 0. The Balaban J connectivity index is 2.02. The Bertz CT molecular complexity index is 376. The molecule has 1 nitrogen and oxygen atoms in total. The van der Waals surface area contributed by atoms with E-state index in [0.29, 0.717) is 6.04 Å². The molecule has 1 aromatic carbocycles. The molecule has 1 aromatic rings. The van der Waals surface area contributed by atoms with Crippen molar-refractivity contribution in [1.82, 2.24) is 5.32 Å². The zero-order valence-corrected chi connectivity index (χ0v) is 12.3. The fourth-order valence-corrected chi connectivity index (χ4v) is 3.06. The van der Waals surface area contributed by atoms with Crippen molar-refractivity contribution in [2.24, 2.45) is 11.8 Å². The summed E-state index contributed by atoms with van der Waals surface area (Å²) in [6.45, 7) is 10.2. The molecule has 100 valence electrons. The second-order valence-electron chi connectivity index (χ2n) is 6.14. The smallest absolute Gasteiger partial charge is 0.0138 e. The average Bonchev–Trinajstić information content (AvgIpc) is 3.00. The highest BCUT2D eigenvalue weighted by atomic mass is 14.9. The van der Waals surface area contributed by atoms with Gasteiger partial charge in [0, 0.05) is 6.04 Å². The van der Waals surface area contributed by atoms with E-state index in [9.17, 15) is 0 Å². The van der Waals surface area contributed by atoms with Gasteiger partial charge in [0.15, 0.2) is 0 Å². The predicted octanol–water partition coefficient (Wildman–Crippen LogP) is 3.87. The molecule has 0 aromatic heterocycles. The van der Waals surface area contributed by atoms with Crippen LogP contribution in [-0.2, 0) is 6.42 Å². The maximum atomic E-state index is 3.75. The molecule has 0 saturated heterocycles. The molecule has 1 aliphatic rings. The molecule has 0 spiro atoms. The number of nitrogens with one attached hydrogen (secondary N) is 1. The lowest BCUT2D eigenvalue weighted by Crippen LogP contribution is -2.34. The molecule has 2 rings (SSSR count). The second-order valence-corrected chi connectivity index (χ2v) is 6.14. The Kier molecular flexibility index (Phi) is 4.45. The summed E-state index contributed by atoms with van der Waals surface area (Å²) in [5.74, 6) is 1.82. The van der Waals surface area contributed by atoms with Crippen LogP contribution in [0.3, 0.4) is 0 Å². The molecule has 0 bridgehead atoms. The largest absolute Gasteiger partial charge is 0.313 e. The van der Waals surface area contributed by atoms with Gasteiger partial charge in [0.05, 0.1) is 0 Å². The highest BCUT2D eigenvalue weighted by Crippen LogP contribution is 2.41. The van der Waals surface area contributed by atoms with E-state index >= 15 is 0 Å². The van der Waals surface area contributed by atoms with E-state index in [4.69, 9.17) is 0 Å². The third-order valence-corrected chi connectivity index (χ3v) is 4.08. The lowest BCUT2D eigenvalue weighted by atomic mass is 9.98. The molecule has 1 heteroatoms. The topological polar surface area (TPSA) is 12.0 Å². The van der Waals surface area contributed by atoms with E-state index in [1.54, 1.807) is 0 Å². The molecule has 1 fully saturated rings. The quantitative estimate of drug-likeness (QED) is 0.802. The van der Waals surface area contributed by atoms with Crippen LogP contribution in [0.1, 0.15) is 43.4 Å². The normalized spacial score (nSPS) is 24.0. The Hall–Kier alpha value is -0.820. The summed E-state index contributed by atoms with van der Waals surface area (Å²) in [6, 6.07) is 7.64. The van der Waals surface area contributed by atoms with Crippen LogP contribution in [0.5, 0.6) is 0 Å². The number of benzene rings is 1. The van der Waals surface area contributed by atoms with Crippen LogP contribution in [0.25, 0.3) is 0 Å². The third kappa shape index (κ3) is 3.58.